The number of nitrogens with one attached hydrogen (secondary N) is 1. The van der Waals surface area contributed by atoms with Gasteiger partial charge in [0.15, 0.2) is 0 Å². The van der Waals surface area contributed by atoms with Crippen LogP contribution in [0.2, 0.25) is 5.02 Å². The predicted octanol–water partition coefficient (Wildman–Crippen LogP) is 3.62. The zero-order valence-corrected chi connectivity index (χ0v) is 15.2. The third-order valence-electron chi connectivity index (χ3n) is 5.60. The summed E-state index contributed by atoms with van der Waals surface area (Å²) in [5, 5.41) is 3.85. The molecule has 0 unspecified atom stereocenters. The molecule has 2 aromatic rings. The van der Waals surface area contributed by atoms with E-state index < -0.39 is 0 Å². The maximum absolute atomic E-state index is 12.7. The number of likely N-dealkylation sites (tertiary alicyclic amines) is 1. The number of piperidine rings is 1. The van der Waals surface area contributed by atoms with Crippen molar-refractivity contribution in [2.24, 2.45) is 0 Å². The topological polar surface area (TPSA) is 49.4 Å². The van der Waals surface area contributed by atoms with Crippen molar-refractivity contribution in [3.8, 4) is 0 Å². The molecule has 134 valence electrons. The number of hydrogen-bond acceptors (Lipinski definition) is 2. The molecular weight excluding hydrogens is 348 g/mol. The van der Waals surface area contributed by atoms with E-state index in [0.29, 0.717) is 23.7 Å². The van der Waals surface area contributed by atoms with Crippen molar-refractivity contribution < 1.29 is 9.59 Å². The van der Waals surface area contributed by atoms with E-state index in [0.717, 1.165) is 24.8 Å². The first-order valence-corrected chi connectivity index (χ1v) is 9.36. The fourth-order valence-corrected chi connectivity index (χ4v) is 4.21. The molecule has 2 aliphatic rings. The largest absolute Gasteiger partial charge is 0.350 e. The lowest BCUT2D eigenvalue weighted by Gasteiger charge is -2.39. The molecule has 2 amide bonds. The Bertz CT molecular complexity index is 812. The van der Waals surface area contributed by atoms with Gasteiger partial charge < -0.3 is 10.2 Å². The molecule has 5 heteroatoms. The number of nitrogens with zero attached hydrogens (tertiary/aromatic N) is 1. The van der Waals surface area contributed by atoms with Gasteiger partial charge >= 0.3 is 0 Å². The smallest absolute Gasteiger partial charge is 0.253 e. The summed E-state index contributed by atoms with van der Waals surface area (Å²) in [6, 6.07) is 16.9. The van der Waals surface area contributed by atoms with Crippen LogP contribution in [0.25, 0.3) is 0 Å². The molecule has 1 N–H and O–H groups in total. The molecule has 2 saturated heterocycles. The Hall–Kier alpha value is -2.33. The molecule has 2 aliphatic heterocycles. The maximum atomic E-state index is 12.7. The second-order valence-corrected chi connectivity index (χ2v) is 7.67. The Balaban J connectivity index is 1.43. The lowest BCUT2D eigenvalue weighted by atomic mass is 9.82. The molecule has 0 aliphatic carbocycles. The number of amides is 2. The number of carbonyl (C=O) groups is 2. The number of benzene rings is 2. The molecule has 0 saturated carbocycles. The fraction of sp³-hybridized carbons (Fsp3) is 0.333. The zero-order valence-electron chi connectivity index (χ0n) is 14.5. The highest BCUT2D eigenvalue weighted by Crippen LogP contribution is 2.39. The normalized spacial score (nSPS) is 21.7. The highest BCUT2D eigenvalue weighted by atomic mass is 35.5. The SMILES string of the molecule is O=C1NC2(CCN(C(=O)c3ccc(Cl)cc3)CC2)C[C@H]1c1ccccc1. The van der Waals surface area contributed by atoms with Gasteiger partial charge in [-0.1, -0.05) is 41.9 Å². The van der Waals surface area contributed by atoms with E-state index in [1.165, 1.54) is 0 Å². The Morgan fingerprint density at radius 1 is 1.04 bits per heavy atom. The van der Waals surface area contributed by atoms with Crippen molar-refractivity contribution in [1.29, 1.82) is 0 Å². The van der Waals surface area contributed by atoms with Crippen LogP contribution in [0.4, 0.5) is 0 Å². The summed E-state index contributed by atoms with van der Waals surface area (Å²) in [7, 11) is 0. The first kappa shape index (κ1) is 17.1. The first-order chi connectivity index (χ1) is 12.6. The average molecular weight is 369 g/mol. The average Bonchev–Trinajstić information content (AvgIpc) is 2.99. The molecule has 4 nitrogen and oxygen atoms in total. The third-order valence-corrected chi connectivity index (χ3v) is 5.85. The minimum atomic E-state index is -0.186. The van der Waals surface area contributed by atoms with Gasteiger partial charge in [0.25, 0.3) is 5.91 Å². The van der Waals surface area contributed by atoms with Crippen LogP contribution in [0.15, 0.2) is 54.6 Å². The quantitative estimate of drug-likeness (QED) is 0.880. The van der Waals surface area contributed by atoms with E-state index in [9.17, 15) is 9.59 Å². The van der Waals surface area contributed by atoms with E-state index in [2.05, 4.69) is 5.32 Å². The van der Waals surface area contributed by atoms with Crippen LogP contribution < -0.4 is 5.32 Å². The molecule has 2 aromatic carbocycles. The lowest BCUT2D eigenvalue weighted by molar-refractivity contribution is -0.121. The van der Waals surface area contributed by atoms with E-state index in [1.807, 2.05) is 35.2 Å². The number of rotatable bonds is 2. The summed E-state index contributed by atoms with van der Waals surface area (Å²) >= 11 is 5.90. The molecule has 1 spiro atoms. The standard InChI is InChI=1S/C21H21ClN2O2/c22-17-8-6-16(7-9-17)20(26)24-12-10-21(11-13-24)14-18(19(25)23-21)15-4-2-1-3-5-15/h1-9,18H,10-14H2,(H,23,25)/t18-/m0/s1. The van der Waals surface area contributed by atoms with Crippen molar-refractivity contribution in [3.63, 3.8) is 0 Å². The molecule has 1 atom stereocenters. The van der Waals surface area contributed by atoms with Gasteiger partial charge in [-0.2, -0.15) is 0 Å². The Morgan fingerprint density at radius 3 is 2.35 bits per heavy atom. The zero-order chi connectivity index (χ0) is 18.1. The van der Waals surface area contributed by atoms with Gasteiger partial charge in [0.1, 0.15) is 0 Å². The highest BCUT2D eigenvalue weighted by molar-refractivity contribution is 6.30. The van der Waals surface area contributed by atoms with Crippen LogP contribution in [-0.2, 0) is 4.79 Å². The monoisotopic (exact) mass is 368 g/mol. The van der Waals surface area contributed by atoms with Crippen LogP contribution >= 0.6 is 11.6 Å². The van der Waals surface area contributed by atoms with Gasteiger partial charge in [0, 0.05) is 29.2 Å². The third kappa shape index (κ3) is 3.21. The maximum Gasteiger partial charge on any atom is 0.253 e. The van der Waals surface area contributed by atoms with Crippen LogP contribution in [0, 0.1) is 0 Å². The first-order valence-electron chi connectivity index (χ1n) is 8.98. The van der Waals surface area contributed by atoms with E-state index in [1.54, 1.807) is 24.3 Å². The highest BCUT2D eigenvalue weighted by Gasteiger charge is 2.46. The lowest BCUT2D eigenvalue weighted by Crippen LogP contribution is -2.52. The fourth-order valence-electron chi connectivity index (χ4n) is 4.08. The minimum Gasteiger partial charge on any atom is -0.350 e. The van der Waals surface area contributed by atoms with E-state index in [-0.39, 0.29) is 23.3 Å². The summed E-state index contributed by atoms with van der Waals surface area (Å²) in [4.78, 5) is 27.0. The van der Waals surface area contributed by atoms with Crippen molar-refractivity contribution in [1.82, 2.24) is 10.2 Å². The molecule has 0 aromatic heterocycles. The van der Waals surface area contributed by atoms with Crippen LogP contribution in [-0.4, -0.2) is 35.3 Å². The van der Waals surface area contributed by atoms with Crippen LogP contribution in [0.3, 0.4) is 0 Å². The number of carbonyl (C=O) groups excluding carboxylic acids is 2. The molecule has 0 radical (unpaired) electrons. The van der Waals surface area contributed by atoms with Gasteiger partial charge in [0.05, 0.1) is 5.92 Å². The molecular formula is C21H21ClN2O2. The molecule has 26 heavy (non-hydrogen) atoms. The molecule has 2 fully saturated rings. The van der Waals surface area contributed by atoms with Crippen LogP contribution in [0.1, 0.15) is 41.1 Å². The Kier molecular flexibility index (Phi) is 4.45. The van der Waals surface area contributed by atoms with Crippen molar-refractivity contribution in [2.75, 3.05) is 13.1 Å². The number of halogens is 1. The van der Waals surface area contributed by atoms with Gasteiger partial charge in [-0.25, -0.2) is 0 Å². The van der Waals surface area contributed by atoms with Crippen molar-refractivity contribution in [3.05, 3.63) is 70.7 Å². The van der Waals surface area contributed by atoms with Gasteiger partial charge in [-0.15, -0.1) is 0 Å². The number of hydrogen-bond donors (Lipinski definition) is 1. The summed E-state index contributed by atoms with van der Waals surface area (Å²) in [5.41, 5.74) is 1.54. The minimum absolute atomic E-state index is 0.0282. The second kappa shape index (κ2) is 6.76. The van der Waals surface area contributed by atoms with Gasteiger partial charge in [-0.05, 0) is 49.1 Å². The van der Waals surface area contributed by atoms with Gasteiger partial charge in [0.2, 0.25) is 5.91 Å². The summed E-state index contributed by atoms with van der Waals surface area (Å²) in [6.07, 6.45) is 2.39. The summed E-state index contributed by atoms with van der Waals surface area (Å²) in [5.74, 6) is 0.0452. The van der Waals surface area contributed by atoms with E-state index >= 15 is 0 Å². The summed E-state index contributed by atoms with van der Waals surface area (Å²) < 4.78 is 0. The second-order valence-electron chi connectivity index (χ2n) is 7.24. The molecule has 2 heterocycles. The summed E-state index contributed by atoms with van der Waals surface area (Å²) in [6.45, 7) is 1.31. The molecule has 0 bridgehead atoms. The van der Waals surface area contributed by atoms with Crippen LogP contribution in [0.5, 0.6) is 0 Å². The molecule has 4 rings (SSSR count). The Labute approximate surface area is 158 Å². The predicted molar refractivity (Wildman–Crippen MR) is 101 cm³/mol. The van der Waals surface area contributed by atoms with Crippen molar-refractivity contribution in [2.45, 2.75) is 30.7 Å². The Morgan fingerprint density at radius 2 is 1.69 bits per heavy atom. The van der Waals surface area contributed by atoms with Crippen molar-refractivity contribution >= 4 is 23.4 Å². The van der Waals surface area contributed by atoms with E-state index in [4.69, 9.17) is 11.6 Å². The van der Waals surface area contributed by atoms with Gasteiger partial charge in [-0.3, -0.25) is 9.59 Å².